The Labute approximate surface area is 184 Å². The van der Waals surface area contributed by atoms with Crippen molar-refractivity contribution in [3.8, 4) is 5.75 Å². The Bertz CT molecular complexity index is 1080. The lowest BCUT2D eigenvalue weighted by molar-refractivity contribution is -0.289. The van der Waals surface area contributed by atoms with Crippen LogP contribution in [0.25, 0.3) is 0 Å². The molecule has 2 aromatic carbocycles. The maximum Gasteiger partial charge on any atom is 0.419 e. The van der Waals surface area contributed by atoms with Gasteiger partial charge in [-0.3, -0.25) is 4.79 Å². The lowest BCUT2D eigenvalue weighted by atomic mass is 9.63. The van der Waals surface area contributed by atoms with Crippen LogP contribution in [0.5, 0.6) is 5.75 Å². The van der Waals surface area contributed by atoms with Crippen molar-refractivity contribution in [2.24, 2.45) is 5.92 Å². The van der Waals surface area contributed by atoms with E-state index in [0.717, 1.165) is 0 Å². The first-order valence-corrected chi connectivity index (χ1v) is 10.7. The van der Waals surface area contributed by atoms with Crippen LogP contribution in [0.4, 0.5) is 18.9 Å². The molecule has 4 N–H and O–H groups in total. The molecule has 4 unspecified atom stereocenters. The molecule has 172 valence electrons. The van der Waals surface area contributed by atoms with Crippen LogP contribution in [-0.2, 0) is 6.54 Å². The SMILES string of the molecule is CC(C)c1cc(O)c2c(c1)C(Nc1ccc3c(c1)CNC3=O)C(O)(C(F)(F)F)C(C)C2C. The van der Waals surface area contributed by atoms with Crippen LogP contribution >= 0.6 is 0 Å². The van der Waals surface area contributed by atoms with Crippen LogP contribution in [0.1, 0.15) is 78.2 Å². The second-order valence-corrected chi connectivity index (χ2v) is 9.23. The molecule has 0 radical (unpaired) electrons. The number of carbonyl (C=O) groups excluding carboxylic acids is 1. The summed E-state index contributed by atoms with van der Waals surface area (Å²) in [5.41, 5.74) is -0.244. The van der Waals surface area contributed by atoms with Crippen molar-refractivity contribution in [1.82, 2.24) is 5.32 Å². The van der Waals surface area contributed by atoms with Gasteiger partial charge in [-0.05, 0) is 52.8 Å². The number of anilines is 1. The van der Waals surface area contributed by atoms with Crippen LogP contribution in [0.15, 0.2) is 30.3 Å². The summed E-state index contributed by atoms with van der Waals surface area (Å²) >= 11 is 0. The minimum absolute atomic E-state index is 0.0300. The predicted octanol–water partition coefficient (Wildman–Crippen LogP) is 4.96. The first-order valence-electron chi connectivity index (χ1n) is 10.7. The zero-order valence-electron chi connectivity index (χ0n) is 18.3. The highest BCUT2D eigenvalue weighted by Gasteiger charge is 2.65. The summed E-state index contributed by atoms with van der Waals surface area (Å²) in [4.78, 5) is 11.8. The molecule has 0 saturated heterocycles. The number of halogens is 3. The van der Waals surface area contributed by atoms with E-state index in [1.807, 2.05) is 13.8 Å². The van der Waals surface area contributed by atoms with E-state index in [-0.39, 0.29) is 23.1 Å². The fourth-order valence-corrected chi connectivity index (χ4v) is 4.98. The quantitative estimate of drug-likeness (QED) is 0.535. The number of amides is 1. The third-order valence-electron chi connectivity index (χ3n) is 7.08. The van der Waals surface area contributed by atoms with Crippen molar-refractivity contribution in [1.29, 1.82) is 0 Å². The Morgan fingerprint density at radius 2 is 1.88 bits per heavy atom. The lowest BCUT2D eigenvalue weighted by Crippen LogP contribution is -2.60. The van der Waals surface area contributed by atoms with E-state index < -0.39 is 29.7 Å². The van der Waals surface area contributed by atoms with E-state index in [4.69, 9.17) is 0 Å². The standard InChI is InChI=1S/C24H27F3N2O3/c1-11(2)14-8-18-20(19(30)9-14)12(3)13(4)23(32,24(25,26)27)21(18)29-16-5-6-17-15(7-16)10-28-22(17)31/h5-9,11-13,21,29-30,32H,10H2,1-4H3,(H,28,31). The van der Waals surface area contributed by atoms with Crippen LogP contribution in [-0.4, -0.2) is 27.9 Å². The minimum Gasteiger partial charge on any atom is -0.508 e. The normalized spacial score (nSPS) is 27.2. The number of phenols is 1. The fraction of sp³-hybridized carbons (Fsp3) is 0.458. The summed E-state index contributed by atoms with van der Waals surface area (Å²) in [6.45, 7) is 7.02. The van der Waals surface area contributed by atoms with E-state index in [1.54, 1.807) is 31.2 Å². The number of benzene rings is 2. The molecule has 0 saturated carbocycles. The number of hydrogen-bond donors (Lipinski definition) is 4. The number of rotatable bonds is 3. The van der Waals surface area contributed by atoms with E-state index in [9.17, 15) is 28.2 Å². The molecule has 32 heavy (non-hydrogen) atoms. The smallest absolute Gasteiger partial charge is 0.419 e. The highest BCUT2D eigenvalue weighted by molar-refractivity contribution is 5.98. The molecular formula is C24H27F3N2O3. The maximum absolute atomic E-state index is 14.4. The van der Waals surface area contributed by atoms with Gasteiger partial charge in [0.15, 0.2) is 5.60 Å². The zero-order valence-corrected chi connectivity index (χ0v) is 18.3. The molecular weight excluding hydrogens is 421 g/mol. The fourth-order valence-electron chi connectivity index (χ4n) is 4.98. The minimum atomic E-state index is -4.92. The van der Waals surface area contributed by atoms with Gasteiger partial charge in [-0.2, -0.15) is 13.2 Å². The Morgan fingerprint density at radius 3 is 2.50 bits per heavy atom. The zero-order chi connectivity index (χ0) is 23.6. The van der Waals surface area contributed by atoms with Crippen molar-refractivity contribution in [3.63, 3.8) is 0 Å². The monoisotopic (exact) mass is 448 g/mol. The van der Waals surface area contributed by atoms with Crippen LogP contribution in [0, 0.1) is 5.92 Å². The predicted molar refractivity (Wildman–Crippen MR) is 115 cm³/mol. The van der Waals surface area contributed by atoms with Gasteiger partial charge in [0, 0.05) is 29.3 Å². The largest absolute Gasteiger partial charge is 0.508 e. The van der Waals surface area contributed by atoms with Gasteiger partial charge in [-0.1, -0.05) is 33.8 Å². The molecule has 1 amide bonds. The van der Waals surface area contributed by atoms with Gasteiger partial charge >= 0.3 is 6.18 Å². The van der Waals surface area contributed by atoms with E-state index in [2.05, 4.69) is 10.6 Å². The van der Waals surface area contributed by atoms with Crippen molar-refractivity contribution in [2.45, 2.75) is 63.9 Å². The van der Waals surface area contributed by atoms with Crippen molar-refractivity contribution < 1.29 is 28.2 Å². The summed E-state index contributed by atoms with van der Waals surface area (Å²) in [5, 5.41) is 27.6. The maximum atomic E-state index is 14.4. The highest BCUT2D eigenvalue weighted by Crippen LogP contribution is 2.57. The molecule has 5 nitrogen and oxygen atoms in total. The van der Waals surface area contributed by atoms with E-state index in [0.29, 0.717) is 34.5 Å². The Balaban J connectivity index is 1.90. The molecule has 0 aromatic heterocycles. The average Bonchev–Trinajstić information content (AvgIpc) is 3.08. The number of nitrogens with one attached hydrogen (secondary N) is 2. The highest BCUT2D eigenvalue weighted by atomic mass is 19.4. The lowest BCUT2D eigenvalue weighted by Gasteiger charge is -2.49. The van der Waals surface area contributed by atoms with Crippen molar-refractivity contribution in [3.05, 3.63) is 58.1 Å². The van der Waals surface area contributed by atoms with Gasteiger partial charge in [0.1, 0.15) is 5.75 Å². The second-order valence-electron chi connectivity index (χ2n) is 9.23. The first-order chi connectivity index (χ1) is 14.9. The summed E-state index contributed by atoms with van der Waals surface area (Å²) in [7, 11) is 0. The van der Waals surface area contributed by atoms with Gasteiger partial charge in [0.05, 0.1) is 6.04 Å². The molecule has 2 aliphatic rings. The number of aliphatic hydroxyl groups is 1. The number of fused-ring (bicyclic) bond motifs is 2. The molecule has 8 heteroatoms. The van der Waals surface area contributed by atoms with E-state index >= 15 is 0 Å². The number of hydrogen-bond acceptors (Lipinski definition) is 4. The van der Waals surface area contributed by atoms with Crippen molar-refractivity contribution >= 4 is 11.6 Å². The second kappa shape index (κ2) is 7.40. The number of alkyl halides is 3. The van der Waals surface area contributed by atoms with E-state index in [1.165, 1.54) is 13.0 Å². The van der Waals surface area contributed by atoms with Gasteiger partial charge in [-0.25, -0.2) is 0 Å². The summed E-state index contributed by atoms with van der Waals surface area (Å²) in [5.74, 6) is -2.27. The molecule has 4 rings (SSSR count). The van der Waals surface area contributed by atoms with Gasteiger partial charge in [0.2, 0.25) is 0 Å². The molecule has 2 aromatic rings. The summed E-state index contributed by atoms with van der Waals surface area (Å²) in [6.07, 6.45) is -4.92. The van der Waals surface area contributed by atoms with Crippen LogP contribution < -0.4 is 10.6 Å². The Hall–Kier alpha value is -2.74. The average molecular weight is 448 g/mol. The first kappa shape index (κ1) is 22.5. The summed E-state index contributed by atoms with van der Waals surface area (Å²) in [6, 6.07) is 6.41. The summed E-state index contributed by atoms with van der Waals surface area (Å²) < 4.78 is 43.3. The molecule has 1 heterocycles. The van der Waals surface area contributed by atoms with Crippen LogP contribution in [0.2, 0.25) is 0 Å². The Morgan fingerprint density at radius 1 is 1.19 bits per heavy atom. The van der Waals surface area contributed by atoms with Gasteiger partial charge in [0.25, 0.3) is 5.91 Å². The molecule has 1 aliphatic carbocycles. The molecule has 0 spiro atoms. The molecule has 0 bridgehead atoms. The number of phenolic OH excluding ortho intramolecular Hbond substituents is 1. The molecule has 4 atom stereocenters. The van der Waals surface area contributed by atoms with Gasteiger partial charge < -0.3 is 20.8 Å². The topological polar surface area (TPSA) is 81.6 Å². The Kier molecular flexibility index (Phi) is 5.19. The van der Waals surface area contributed by atoms with Crippen LogP contribution in [0.3, 0.4) is 0 Å². The molecule has 1 aliphatic heterocycles. The van der Waals surface area contributed by atoms with Gasteiger partial charge in [-0.15, -0.1) is 0 Å². The third-order valence-corrected chi connectivity index (χ3v) is 7.08. The number of aromatic hydroxyl groups is 1. The van der Waals surface area contributed by atoms with Crippen molar-refractivity contribution in [2.75, 3.05) is 5.32 Å². The number of carbonyl (C=O) groups is 1. The third kappa shape index (κ3) is 3.23. The molecule has 0 fully saturated rings.